The Bertz CT molecular complexity index is 744. The van der Waals surface area contributed by atoms with Crippen LogP contribution >= 0.6 is 0 Å². The van der Waals surface area contributed by atoms with Crippen LogP contribution in [0.25, 0.3) is 0 Å². The Kier molecular flexibility index (Phi) is 5.11. The van der Waals surface area contributed by atoms with Crippen molar-refractivity contribution in [2.24, 2.45) is 0 Å². The summed E-state index contributed by atoms with van der Waals surface area (Å²) in [6, 6.07) is 7.23. The first-order valence-corrected chi connectivity index (χ1v) is 8.36. The zero-order valence-corrected chi connectivity index (χ0v) is 14.7. The van der Waals surface area contributed by atoms with Gasteiger partial charge in [0.05, 0.1) is 25.8 Å². The quantitative estimate of drug-likeness (QED) is 0.921. The van der Waals surface area contributed by atoms with E-state index in [4.69, 9.17) is 14.0 Å². The second-order valence-electron chi connectivity index (χ2n) is 6.21. The summed E-state index contributed by atoms with van der Waals surface area (Å²) < 4.78 is 16.4. The zero-order chi connectivity index (χ0) is 17.8. The lowest BCUT2D eigenvalue weighted by atomic mass is 10.1. The number of aromatic nitrogens is 1. The van der Waals surface area contributed by atoms with Gasteiger partial charge in [-0.05, 0) is 31.5 Å². The van der Waals surface area contributed by atoms with E-state index >= 15 is 0 Å². The molecular weight excluding hydrogens is 322 g/mol. The highest BCUT2D eigenvalue weighted by Gasteiger charge is 2.17. The summed E-state index contributed by atoms with van der Waals surface area (Å²) in [5.74, 6) is 2.20. The number of hydrogen-bond donors (Lipinski definition) is 1. The first kappa shape index (κ1) is 17.1. The summed E-state index contributed by atoms with van der Waals surface area (Å²) in [5.41, 5.74) is 1.68. The normalized spacial score (nSPS) is 14.5. The number of hydrogen-bond acceptors (Lipinski definition) is 5. The number of rotatable bonds is 4. The average Bonchev–Trinajstić information content (AvgIpc) is 2.86. The minimum absolute atomic E-state index is 0.161. The molecule has 7 nitrogen and oxygen atoms in total. The average molecular weight is 345 g/mol. The van der Waals surface area contributed by atoms with Crippen molar-refractivity contribution >= 4 is 6.03 Å². The van der Waals surface area contributed by atoms with Crippen LogP contribution in [-0.2, 0) is 6.54 Å². The van der Waals surface area contributed by atoms with Crippen LogP contribution in [0.1, 0.15) is 36.4 Å². The van der Waals surface area contributed by atoms with Gasteiger partial charge < -0.3 is 24.2 Å². The van der Waals surface area contributed by atoms with Crippen LogP contribution in [0.5, 0.6) is 11.5 Å². The van der Waals surface area contributed by atoms with Crippen molar-refractivity contribution < 1.29 is 18.8 Å². The number of carbonyl (C=O) groups is 1. The largest absolute Gasteiger partial charge is 0.490 e. The molecule has 1 atom stereocenters. The molecule has 1 unspecified atom stereocenters. The molecule has 1 aliphatic rings. The summed E-state index contributed by atoms with van der Waals surface area (Å²) in [6.45, 7) is 5.44. The maximum atomic E-state index is 12.4. The molecule has 25 heavy (non-hydrogen) atoms. The summed E-state index contributed by atoms with van der Waals surface area (Å²) in [4.78, 5) is 13.9. The number of carbonyl (C=O) groups excluding carboxylic acids is 1. The summed E-state index contributed by atoms with van der Waals surface area (Å²) in [5, 5.41) is 6.88. The topological polar surface area (TPSA) is 76.8 Å². The van der Waals surface area contributed by atoms with Crippen LogP contribution < -0.4 is 14.8 Å². The van der Waals surface area contributed by atoms with Crippen molar-refractivity contribution in [3.05, 3.63) is 41.3 Å². The van der Waals surface area contributed by atoms with E-state index in [-0.39, 0.29) is 12.1 Å². The lowest BCUT2D eigenvalue weighted by Gasteiger charge is -2.21. The van der Waals surface area contributed by atoms with Crippen LogP contribution in [0, 0.1) is 6.92 Å². The number of aryl methyl sites for hydroxylation is 1. The van der Waals surface area contributed by atoms with Crippen LogP contribution in [0.15, 0.2) is 28.8 Å². The van der Waals surface area contributed by atoms with Crippen LogP contribution in [0.2, 0.25) is 0 Å². The Hall–Kier alpha value is -2.70. The van der Waals surface area contributed by atoms with Crippen molar-refractivity contribution in [2.45, 2.75) is 32.9 Å². The number of ether oxygens (including phenoxy) is 2. The fourth-order valence-corrected chi connectivity index (χ4v) is 2.64. The van der Waals surface area contributed by atoms with Crippen molar-refractivity contribution in [3.63, 3.8) is 0 Å². The molecule has 0 saturated heterocycles. The molecule has 7 heteroatoms. The first-order valence-electron chi connectivity index (χ1n) is 8.36. The van der Waals surface area contributed by atoms with Gasteiger partial charge in [-0.1, -0.05) is 11.2 Å². The first-order chi connectivity index (χ1) is 12.0. The van der Waals surface area contributed by atoms with Gasteiger partial charge in [0.2, 0.25) is 0 Å². The molecule has 1 aromatic carbocycles. The number of fused-ring (bicyclic) bond motifs is 1. The van der Waals surface area contributed by atoms with Crippen LogP contribution in [0.3, 0.4) is 0 Å². The van der Waals surface area contributed by atoms with Gasteiger partial charge in [-0.2, -0.15) is 0 Å². The standard InChI is InChI=1S/C18H23N3O4/c1-12-9-15(20-25-12)11-21(3)18(22)19-13(2)14-5-6-16-17(10-14)24-8-4-7-23-16/h5-6,9-10,13H,4,7-8,11H2,1-3H3,(H,19,22). The Morgan fingerprint density at radius 2 is 2.04 bits per heavy atom. The molecule has 1 aliphatic heterocycles. The van der Waals surface area contributed by atoms with E-state index < -0.39 is 0 Å². The molecule has 0 aliphatic carbocycles. The third-order valence-electron chi connectivity index (χ3n) is 4.03. The minimum Gasteiger partial charge on any atom is -0.490 e. The van der Waals surface area contributed by atoms with Crippen molar-refractivity contribution in [1.82, 2.24) is 15.4 Å². The monoisotopic (exact) mass is 345 g/mol. The summed E-state index contributed by atoms with van der Waals surface area (Å²) in [6.07, 6.45) is 0.864. The minimum atomic E-state index is -0.180. The molecule has 0 spiro atoms. The fourth-order valence-electron chi connectivity index (χ4n) is 2.64. The van der Waals surface area contributed by atoms with E-state index in [1.807, 2.05) is 38.1 Å². The van der Waals surface area contributed by atoms with Gasteiger partial charge in [0.25, 0.3) is 0 Å². The molecule has 0 fully saturated rings. The van der Waals surface area contributed by atoms with Gasteiger partial charge in [0.15, 0.2) is 11.5 Å². The SMILES string of the molecule is Cc1cc(CN(C)C(=O)NC(C)c2ccc3c(c2)OCCCO3)no1. The number of urea groups is 1. The van der Waals surface area contributed by atoms with Gasteiger partial charge in [-0.25, -0.2) is 4.79 Å². The number of benzene rings is 1. The Morgan fingerprint density at radius 3 is 2.76 bits per heavy atom. The number of amides is 2. The number of nitrogens with zero attached hydrogens (tertiary/aromatic N) is 2. The molecule has 0 bridgehead atoms. The second-order valence-corrected chi connectivity index (χ2v) is 6.21. The van der Waals surface area contributed by atoms with Crippen molar-refractivity contribution in [1.29, 1.82) is 0 Å². The molecule has 1 aromatic heterocycles. The van der Waals surface area contributed by atoms with Crippen LogP contribution in [0.4, 0.5) is 4.79 Å². The van der Waals surface area contributed by atoms with Gasteiger partial charge in [-0.15, -0.1) is 0 Å². The molecule has 2 amide bonds. The smallest absolute Gasteiger partial charge is 0.317 e. The summed E-state index contributed by atoms with van der Waals surface area (Å²) in [7, 11) is 1.72. The van der Waals surface area contributed by atoms with E-state index in [9.17, 15) is 4.79 Å². The molecule has 2 aromatic rings. The molecule has 134 valence electrons. The predicted octanol–water partition coefficient (Wildman–Crippen LogP) is 3.05. The maximum absolute atomic E-state index is 12.4. The van der Waals surface area contributed by atoms with Gasteiger partial charge in [-0.3, -0.25) is 0 Å². The van der Waals surface area contributed by atoms with E-state index in [0.717, 1.165) is 34.9 Å². The van der Waals surface area contributed by atoms with Gasteiger partial charge >= 0.3 is 6.03 Å². The third-order valence-corrected chi connectivity index (χ3v) is 4.03. The van der Waals surface area contributed by atoms with Crippen LogP contribution in [-0.4, -0.2) is 36.3 Å². The lowest BCUT2D eigenvalue weighted by Crippen LogP contribution is -2.38. The Labute approximate surface area is 146 Å². The van der Waals surface area contributed by atoms with Crippen molar-refractivity contribution in [3.8, 4) is 11.5 Å². The number of nitrogens with one attached hydrogen (secondary N) is 1. The second kappa shape index (κ2) is 7.46. The molecule has 0 saturated carbocycles. The maximum Gasteiger partial charge on any atom is 0.317 e. The molecule has 2 heterocycles. The fraction of sp³-hybridized carbons (Fsp3) is 0.444. The highest BCUT2D eigenvalue weighted by Crippen LogP contribution is 2.32. The molecular formula is C18H23N3O4. The Morgan fingerprint density at radius 1 is 1.28 bits per heavy atom. The molecule has 1 N–H and O–H groups in total. The predicted molar refractivity (Wildman–Crippen MR) is 91.7 cm³/mol. The summed E-state index contributed by atoms with van der Waals surface area (Å²) >= 11 is 0. The molecule has 0 radical (unpaired) electrons. The van der Waals surface area contributed by atoms with E-state index in [2.05, 4.69) is 10.5 Å². The van der Waals surface area contributed by atoms with Gasteiger partial charge in [0, 0.05) is 19.5 Å². The van der Waals surface area contributed by atoms with E-state index in [1.165, 1.54) is 0 Å². The Balaban J connectivity index is 1.62. The zero-order valence-electron chi connectivity index (χ0n) is 14.7. The van der Waals surface area contributed by atoms with E-state index in [1.54, 1.807) is 11.9 Å². The van der Waals surface area contributed by atoms with Gasteiger partial charge in [0.1, 0.15) is 11.5 Å². The third kappa shape index (κ3) is 4.23. The van der Waals surface area contributed by atoms with Crippen molar-refractivity contribution in [2.75, 3.05) is 20.3 Å². The molecule has 3 rings (SSSR count). The highest BCUT2D eigenvalue weighted by molar-refractivity contribution is 5.74. The lowest BCUT2D eigenvalue weighted by molar-refractivity contribution is 0.202. The van der Waals surface area contributed by atoms with E-state index in [0.29, 0.717) is 19.8 Å². The highest BCUT2D eigenvalue weighted by atomic mass is 16.5.